The van der Waals surface area contributed by atoms with Gasteiger partial charge in [-0.2, -0.15) is 0 Å². The van der Waals surface area contributed by atoms with Crippen LogP contribution < -0.4 is 16.0 Å². The summed E-state index contributed by atoms with van der Waals surface area (Å²) in [6.07, 6.45) is 4.83. The summed E-state index contributed by atoms with van der Waals surface area (Å²) in [7, 11) is -3.20. The van der Waals surface area contributed by atoms with Crippen LogP contribution in [0.4, 0.5) is 16.2 Å². The maximum absolute atomic E-state index is 12.2. The zero-order chi connectivity index (χ0) is 19.0. The van der Waals surface area contributed by atoms with Crippen LogP contribution in [0.1, 0.15) is 32.1 Å². The minimum atomic E-state index is -3.20. The molecule has 26 heavy (non-hydrogen) atoms. The lowest BCUT2D eigenvalue weighted by Crippen LogP contribution is -2.28. The lowest BCUT2D eigenvalue weighted by molar-refractivity contribution is -0.115. The third kappa shape index (κ3) is 6.18. The summed E-state index contributed by atoms with van der Waals surface area (Å²) >= 11 is 0. The number of rotatable bonds is 8. The largest absolute Gasteiger partial charge is 0.334 e. The third-order valence-corrected chi connectivity index (χ3v) is 6.52. The molecular weight excluding hydrogens is 354 g/mol. The van der Waals surface area contributed by atoms with Crippen LogP contribution in [0.15, 0.2) is 36.9 Å². The predicted octanol–water partition coefficient (Wildman–Crippen LogP) is 2.68. The SMILES string of the molecule is C=CCNC(=O)Nc1ccc(NC(=O)CCS(=O)(=O)C2CCCC2)cc1. The first-order valence-corrected chi connectivity index (χ1v) is 10.4. The van der Waals surface area contributed by atoms with E-state index in [-0.39, 0.29) is 29.4 Å². The summed E-state index contributed by atoms with van der Waals surface area (Å²) in [5, 5.41) is 7.62. The van der Waals surface area contributed by atoms with Crippen LogP contribution in [-0.4, -0.2) is 37.9 Å². The van der Waals surface area contributed by atoms with Crippen molar-refractivity contribution in [1.29, 1.82) is 0 Å². The molecule has 1 saturated carbocycles. The molecule has 3 amide bonds. The van der Waals surface area contributed by atoms with E-state index in [1.54, 1.807) is 30.3 Å². The molecule has 1 aromatic rings. The van der Waals surface area contributed by atoms with Gasteiger partial charge in [0.15, 0.2) is 9.84 Å². The van der Waals surface area contributed by atoms with Crippen LogP contribution >= 0.6 is 0 Å². The maximum Gasteiger partial charge on any atom is 0.319 e. The van der Waals surface area contributed by atoms with Crippen LogP contribution in [0.3, 0.4) is 0 Å². The van der Waals surface area contributed by atoms with Crippen molar-refractivity contribution in [3.63, 3.8) is 0 Å². The quantitative estimate of drug-likeness (QED) is 0.604. The van der Waals surface area contributed by atoms with Crippen molar-refractivity contribution in [2.75, 3.05) is 22.9 Å². The summed E-state index contributed by atoms with van der Waals surface area (Å²) in [5.41, 5.74) is 1.12. The van der Waals surface area contributed by atoms with E-state index < -0.39 is 9.84 Å². The molecule has 1 aromatic carbocycles. The summed E-state index contributed by atoms with van der Waals surface area (Å²) in [5.74, 6) is -0.455. The zero-order valence-electron chi connectivity index (χ0n) is 14.7. The smallest absolute Gasteiger partial charge is 0.319 e. The van der Waals surface area contributed by atoms with Crippen molar-refractivity contribution in [3.05, 3.63) is 36.9 Å². The lowest BCUT2D eigenvalue weighted by atomic mass is 10.2. The van der Waals surface area contributed by atoms with Gasteiger partial charge in [0.1, 0.15) is 0 Å². The van der Waals surface area contributed by atoms with E-state index in [1.807, 2.05) is 0 Å². The highest BCUT2D eigenvalue weighted by Gasteiger charge is 2.28. The van der Waals surface area contributed by atoms with E-state index >= 15 is 0 Å². The van der Waals surface area contributed by atoms with E-state index in [4.69, 9.17) is 0 Å². The molecule has 0 aromatic heterocycles. The average molecular weight is 379 g/mol. The fraction of sp³-hybridized carbons (Fsp3) is 0.444. The molecule has 0 saturated heterocycles. The van der Waals surface area contributed by atoms with Gasteiger partial charge in [-0.3, -0.25) is 4.79 Å². The number of carbonyl (C=O) groups excluding carboxylic acids is 2. The number of benzene rings is 1. The standard InChI is InChI=1S/C18H25N3O4S/c1-2-12-19-18(23)21-15-9-7-14(8-10-15)20-17(22)11-13-26(24,25)16-5-3-4-6-16/h2,7-10,16H,1,3-6,11-13H2,(H,20,22)(H2,19,21,23). The Morgan fingerprint density at radius 1 is 1.08 bits per heavy atom. The minimum Gasteiger partial charge on any atom is -0.334 e. The van der Waals surface area contributed by atoms with Crippen LogP contribution in [0, 0.1) is 0 Å². The van der Waals surface area contributed by atoms with Gasteiger partial charge >= 0.3 is 6.03 Å². The molecule has 142 valence electrons. The second kappa shape index (κ2) is 9.38. The number of urea groups is 1. The first kappa shape index (κ1) is 20.0. The molecule has 0 unspecified atom stereocenters. The molecule has 0 atom stereocenters. The topological polar surface area (TPSA) is 104 Å². The monoisotopic (exact) mass is 379 g/mol. The van der Waals surface area contributed by atoms with Gasteiger partial charge in [0, 0.05) is 24.3 Å². The second-order valence-corrected chi connectivity index (χ2v) is 8.67. The third-order valence-electron chi connectivity index (χ3n) is 4.26. The van der Waals surface area contributed by atoms with Crippen molar-refractivity contribution in [1.82, 2.24) is 5.32 Å². The molecule has 8 heteroatoms. The average Bonchev–Trinajstić information content (AvgIpc) is 3.16. The predicted molar refractivity (Wildman–Crippen MR) is 103 cm³/mol. The molecule has 1 aliphatic carbocycles. The Balaban J connectivity index is 1.79. The molecule has 1 aliphatic rings. The normalized spacial score (nSPS) is 14.6. The fourth-order valence-corrected chi connectivity index (χ4v) is 4.70. The van der Waals surface area contributed by atoms with Crippen molar-refractivity contribution in [2.45, 2.75) is 37.4 Å². The Labute approximate surface area is 154 Å². The lowest BCUT2D eigenvalue weighted by Gasteiger charge is -2.11. The Morgan fingerprint density at radius 3 is 2.23 bits per heavy atom. The Morgan fingerprint density at radius 2 is 1.65 bits per heavy atom. The van der Waals surface area contributed by atoms with Crippen molar-refractivity contribution in [3.8, 4) is 0 Å². The van der Waals surface area contributed by atoms with E-state index in [0.29, 0.717) is 30.8 Å². The fourth-order valence-electron chi connectivity index (χ4n) is 2.85. The van der Waals surface area contributed by atoms with E-state index in [0.717, 1.165) is 12.8 Å². The number of amides is 3. The molecule has 3 N–H and O–H groups in total. The van der Waals surface area contributed by atoms with Crippen LogP contribution in [0.25, 0.3) is 0 Å². The summed E-state index contributed by atoms with van der Waals surface area (Å²) < 4.78 is 24.4. The molecule has 0 radical (unpaired) electrons. The van der Waals surface area contributed by atoms with Gasteiger partial charge in [-0.1, -0.05) is 18.9 Å². The molecule has 0 bridgehead atoms. The molecule has 2 rings (SSSR count). The van der Waals surface area contributed by atoms with Crippen LogP contribution in [-0.2, 0) is 14.6 Å². The number of hydrogen-bond donors (Lipinski definition) is 3. The molecule has 0 aliphatic heterocycles. The van der Waals surface area contributed by atoms with Crippen molar-refractivity contribution >= 4 is 33.2 Å². The summed E-state index contributed by atoms with van der Waals surface area (Å²) in [6.45, 7) is 3.88. The highest BCUT2D eigenvalue weighted by atomic mass is 32.2. The van der Waals surface area contributed by atoms with Crippen LogP contribution in [0.2, 0.25) is 0 Å². The van der Waals surface area contributed by atoms with Crippen LogP contribution in [0.5, 0.6) is 0 Å². The number of sulfone groups is 1. The minimum absolute atomic E-state index is 0.0528. The molecule has 7 nitrogen and oxygen atoms in total. The highest BCUT2D eigenvalue weighted by Crippen LogP contribution is 2.25. The number of nitrogens with one attached hydrogen (secondary N) is 3. The van der Waals surface area contributed by atoms with Gasteiger partial charge in [-0.05, 0) is 37.1 Å². The van der Waals surface area contributed by atoms with Gasteiger partial charge in [0.2, 0.25) is 5.91 Å². The molecule has 1 fully saturated rings. The van der Waals surface area contributed by atoms with E-state index in [2.05, 4.69) is 22.5 Å². The highest BCUT2D eigenvalue weighted by molar-refractivity contribution is 7.92. The van der Waals surface area contributed by atoms with Crippen molar-refractivity contribution in [2.24, 2.45) is 0 Å². The Kier molecular flexibility index (Phi) is 7.20. The number of hydrogen-bond acceptors (Lipinski definition) is 4. The molecule has 0 heterocycles. The molecule has 0 spiro atoms. The summed E-state index contributed by atoms with van der Waals surface area (Å²) in [6, 6.07) is 6.24. The summed E-state index contributed by atoms with van der Waals surface area (Å²) in [4.78, 5) is 23.5. The first-order valence-electron chi connectivity index (χ1n) is 8.68. The van der Waals surface area contributed by atoms with Gasteiger partial charge in [-0.25, -0.2) is 13.2 Å². The first-order chi connectivity index (χ1) is 12.4. The Hall–Kier alpha value is -2.35. The zero-order valence-corrected chi connectivity index (χ0v) is 15.5. The Bertz CT molecular complexity index is 738. The van der Waals surface area contributed by atoms with Gasteiger partial charge in [-0.15, -0.1) is 6.58 Å². The second-order valence-electron chi connectivity index (χ2n) is 6.27. The number of carbonyl (C=O) groups is 2. The number of anilines is 2. The van der Waals surface area contributed by atoms with E-state index in [9.17, 15) is 18.0 Å². The van der Waals surface area contributed by atoms with Gasteiger partial charge in [0.25, 0.3) is 0 Å². The molecular formula is C18H25N3O4S. The van der Waals surface area contributed by atoms with E-state index in [1.165, 1.54) is 0 Å². The van der Waals surface area contributed by atoms with Gasteiger partial charge < -0.3 is 16.0 Å². The van der Waals surface area contributed by atoms with Crippen molar-refractivity contribution < 1.29 is 18.0 Å². The van der Waals surface area contributed by atoms with Gasteiger partial charge in [0.05, 0.1) is 11.0 Å². The maximum atomic E-state index is 12.2.